The van der Waals surface area contributed by atoms with Crippen LogP contribution in [0.1, 0.15) is 6.42 Å². The van der Waals surface area contributed by atoms with E-state index in [4.69, 9.17) is 11.6 Å². The minimum atomic E-state index is -0.434. The fraction of sp³-hybridized carbons (Fsp3) is 0.545. The molecule has 2 atom stereocenters. The lowest BCUT2D eigenvalue weighted by Gasteiger charge is -2.52. The Morgan fingerprint density at radius 2 is 2.44 bits per heavy atom. The molecule has 2 saturated heterocycles. The minimum absolute atomic E-state index is 0.0499. The zero-order chi connectivity index (χ0) is 11.1. The molecule has 0 amide bonds. The Morgan fingerprint density at radius 3 is 3.19 bits per heavy atom. The fourth-order valence-corrected chi connectivity index (χ4v) is 2.72. The van der Waals surface area contributed by atoms with E-state index in [2.05, 4.69) is 15.2 Å². The summed E-state index contributed by atoms with van der Waals surface area (Å²) in [6, 6.07) is 2.02. The topological polar surface area (TPSA) is 28.2 Å². The molecule has 86 valence electrons. The standard InChI is InChI=1S/C11H13ClFN3/c12-11-9(13)3-8(5-15-11)16-6-7-4-14-2-1-10(7)16/h3,5,7,10,14H,1-2,4,6H2. The Balaban J connectivity index is 1.80. The third-order valence-corrected chi connectivity index (χ3v) is 3.79. The van der Waals surface area contributed by atoms with Gasteiger partial charge in [0.2, 0.25) is 0 Å². The van der Waals surface area contributed by atoms with Crippen LogP contribution in [0.2, 0.25) is 5.15 Å². The van der Waals surface area contributed by atoms with Crippen molar-refractivity contribution in [3.63, 3.8) is 0 Å². The van der Waals surface area contributed by atoms with Crippen LogP contribution in [0.25, 0.3) is 0 Å². The van der Waals surface area contributed by atoms with Crippen molar-refractivity contribution in [2.75, 3.05) is 24.5 Å². The van der Waals surface area contributed by atoms with Crippen molar-refractivity contribution in [1.82, 2.24) is 10.3 Å². The molecule has 1 aromatic heterocycles. The first-order valence-electron chi connectivity index (χ1n) is 5.54. The van der Waals surface area contributed by atoms with Gasteiger partial charge < -0.3 is 10.2 Å². The van der Waals surface area contributed by atoms with E-state index in [1.54, 1.807) is 6.20 Å². The second-order valence-electron chi connectivity index (χ2n) is 4.44. The van der Waals surface area contributed by atoms with Crippen molar-refractivity contribution in [3.8, 4) is 0 Å². The summed E-state index contributed by atoms with van der Waals surface area (Å²) < 4.78 is 13.3. The Morgan fingerprint density at radius 1 is 1.56 bits per heavy atom. The maximum atomic E-state index is 13.3. The molecule has 0 aromatic carbocycles. The largest absolute Gasteiger partial charge is 0.366 e. The highest BCUT2D eigenvalue weighted by atomic mass is 35.5. The number of hydrogen-bond acceptors (Lipinski definition) is 3. The van der Waals surface area contributed by atoms with Crippen LogP contribution in [-0.2, 0) is 0 Å². The number of nitrogens with one attached hydrogen (secondary N) is 1. The molecule has 0 spiro atoms. The van der Waals surface area contributed by atoms with Crippen LogP contribution >= 0.6 is 11.6 Å². The number of piperidine rings is 1. The third-order valence-electron chi connectivity index (χ3n) is 3.51. The lowest BCUT2D eigenvalue weighted by Crippen LogP contribution is -2.63. The number of aromatic nitrogens is 1. The predicted molar refractivity (Wildman–Crippen MR) is 61.3 cm³/mol. The molecule has 2 unspecified atom stereocenters. The van der Waals surface area contributed by atoms with E-state index in [9.17, 15) is 4.39 Å². The molecule has 2 aliphatic heterocycles. The molecule has 1 N–H and O–H groups in total. The summed E-state index contributed by atoms with van der Waals surface area (Å²) in [5.74, 6) is 0.268. The van der Waals surface area contributed by atoms with Gasteiger partial charge in [-0.15, -0.1) is 0 Å². The normalized spacial score (nSPS) is 28.5. The number of anilines is 1. The first kappa shape index (κ1) is 10.3. The average molecular weight is 242 g/mol. The average Bonchev–Trinajstić information content (AvgIpc) is 2.25. The van der Waals surface area contributed by atoms with Crippen LogP contribution in [-0.4, -0.2) is 30.7 Å². The molecule has 5 heteroatoms. The highest BCUT2D eigenvalue weighted by Crippen LogP contribution is 2.34. The first-order chi connectivity index (χ1) is 7.75. The predicted octanol–water partition coefficient (Wildman–Crippen LogP) is 1.67. The van der Waals surface area contributed by atoms with E-state index < -0.39 is 5.82 Å². The van der Waals surface area contributed by atoms with E-state index in [1.807, 2.05) is 0 Å². The second kappa shape index (κ2) is 3.86. The van der Waals surface area contributed by atoms with Crippen molar-refractivity contribution in [2.24, 2.45) is 5.92 Å². The van der Waals surface area contributed by atoms with E-state index >= 15 is 0 Å². The number of halogens is 2. The maximum absolute atomic E-state index is 13.3. The van der Waals surface area contributed by atoms with Gasteiger partial charge in [-0.1, -0.05) is 11.6 Å². The quantitative estimate of drug-likeness (QED) is 0.759. The Hall–Kier alpha value is -0.870. The van der Waals surface area contributed by atoms with Crippen LogP contribution in [0, 0.1) is 11.7 Å². The van der Waals surface area contributed by atoms with Crippen LogP contribution in [0.4, 0.5) is 10.1 Å². The molecule has 1 aromatic rings. The highest BCUT2D eigenvalue weighted by Gasteiger charge is 2.40. The molecular weight excluding hydrogens is 229 g/mol. The summed E-state index contributed by atoms with van der Waals surface area (Å²) in [6.45, 7) is 3.10. The van der Waals surface area contributed by atoms with Crippen LogP contribution in [0.15, 0.2) is 12.3 Å². The molecule has 3 heterocycles. The summed E-state index contributed by atoms with van der Waals surface area (Å²) in [6.07, 6.45) is 2.78. The molecule has 0 radical (unpaired) electrons. The van der Waals surface area contributed by atoms with Gasteiger partial charge in [0.05, 0.1) is 11.9 Å². The number of rotatable bonds is 1. The number of hydrogen-bond donors (Lipinski definition) is 1. The summed E-state index contributed by atoms with van der Waals surface area (Å²) in [5, 5.41) is 3.32. The van der Waals surface area contributed by atoms with Gasteiger partial charge in [0.1, 0.15) is 0 Å². The van der Waals surface area contributed by atoms with Crippen molar-refractivity contribution in [1.29, 1.82) is 0 Å². The zero-order valence-corrected chi connectivity index (χ0v) is 9.54. The van der Waals surface area contributed by atoms with E-state index in [-0.39, 0.29) is 5.15 Å². The van der Waals surface area contributed by atoms with E-state index in [1.165, 1.54) is 6.07 Å². The van der Waals surface area contributed by atoms with Gasteiger partial charge in [0.25, 0.3) is 0 Å². The molecule has 3 rings (SSSR count). The van der Waals surface area contributed by atoms with Gasteiger partial charge in [-0.3, -0.25) is 0 Å². The lowest BCUT2D eigenvalue weighted by atomic mass is 9.83. The molecule has 16 heavy (non-hydrogen) atoms. The zero-order valence-electron chi connectivity index (χ0n) is 8.79. The van der Waals surface area contributed by atoms with Gasteiger partial charge in [0.15, 0.2) is 11.0 Å². The molecule has 0 bridgehead atoms. The second-order valence-corrected chi connectivity index (χ2v) is 4.80. The minimum Gasteiger partial charge on any atom is -0.366 e. The van der Waals surface area contributed by atoms with Gasteiger partial charge >= 0.3 is 0 Å². The first-order valence-corrected chi connectivity index (χ1v) is 5.92. The lowest BCUT2D eigenvalue weighted by molar-refractivity contribution is 0.230. The third kappa shape index (κ3) is 1.57. The van der Waals surface area contributed by atoms with Crippen LogP contribution < -0.4 is 10.2 Å². The van der Waals surface area contributed by atoms with Crippen molar-refractivity contribution in [2.45, 2.75) is 12.5 Å². The summed E-state index contributed by atoms with van der Waals surface area (Å²) >= 11 is 5.57. The highest BCUT2D eigenvalue weighted by molar-refractivity contribution is 6.29. The smallest absolute Gasteiger partial charge is 0.164 e. The van der Waals surface area contributed by atoms with Crippen molar-refractivity contribution >= 4 is 17.3 Å². The SMILES string of the molecule is Fc1cc(N2CC3CNCCC32)cnc1Cl. The fourth-order valence-electron chi connectivity index (χ4n) is 2.62. The summed E-state index contributed by atoms with van der Waals surface area (Å²) in [4.78, 5) is 6.07. The number of pyridine rings is 1. The molecule has 0 aliphatic carbocycles. The monoisotopic (exact) mass is 241 g/mol. The van der Waals surface area contributed by atoms with Crippen LogP contribution in [0.3, 0.4) is 0 Å². The number of nitrogens with zero attached hydrogens (tertiary/aromatic N) is 2. The maximum Gasteiger partial charge on any atom is 0.164 e. The van der Waals surface area contributed by atoms with E-state index in [0.29, 0.717) is 12.0 Å². The van der Waals surface area contributed by atoms with Gasteiger partial charge in [-0.05, 0) is 13.0 Å². The summed E-state index contributed by atoms with van der Waals surface area (Å²) in [7, 11) is 0. The van der Waals surface area contributed by atoms with Crippen molar-refractivity contribution in [3.05, 3.63) is 23.2 Å². The number of fused-ring (bicyclic) bond motifs is 1. The van der Waals surface area contributed by atoms with Gasteiger partial charge in [0, 0.05) is 31.1 Å². The molecular formula is C11H13ClFN3. The Kier molecular flexibility index (Phi) is 2.48. The van der Waals surface area contributed by atoms with Gasteiger partial charge in [-0.25, -0.2) is 9.37 Å². The van der Waals surface area contributed by atoms with Crippen LogP contribution in [0.5, 0.6) is 0 Å². The van der Waals surface area contributed by atoms with Gasteiger partial charge in [-0.2, -0.15) is 0 Å². The van der Waals surface area contributed by atoms with E-state index in [0.717, 1.165) is 31.7 Å². The molecule has 3 nitrogen and oxygen atoms in total. The molecule has 2 fully saturated rings. The summed E-state index contributed by atoms with van der Waals surface area (Å²) in [5.41, 5.74) is 0.852. The van der Waals surface area contributed by atoms with Crippen molar-refractivity contribution < 1.29 is 4.39 Å². The molecule has 0 saturated carbocycles. The Labute approximate surface area is 98.6 Å². The Bertz CT molecular complexity index is 412. The molecule has 2 aliphatic rings.